The maximum atomic E-state index is 13.1. The molecule has 7 heteroatoms. The van der Waals surface area contributed by atoms with E-state index in [4.69, 9.17) is 14.2 Å². The minimum atomic E-state index is -0.653. The van der Waals surface area contributed by atoms with Gasteiger partial charge in [-0.05, 0) is 72.1 Å². The summed E-state index contributed by atoms with van der Waals surface area (Å²) in [4.78, 5) is 27.1. The van der Waals surface area contributed by atoms with Gasteiger partial charge in [0.1, 0.15) is 17.2 Å². The maximum absolute atomic E-state index is 13.1. The minimum absolute atomic E-state index is 0.0723. The molecule has 1 saturated carbocycles. The van der Waals surface area contributed by atoms with Crippen molar-refractivity contribution in [3.63, 3.8) is 0 Å². The molecule has 2 heterocycles. The van der Waals surface area contributed by atoms with Gasteiger partial charge in [-0.15, -0.1) is 0 Å². The molecule has 1 N–H and O–H groups in total. The van der Waals surface area contributed by atoms with Gasteiger partial charge in [-0.25, -0.2) is 4.79 Å². The van der Waals surface area contributed by atoms with Crippen molar-refractivity contribution in [2.24, 2.45) is 0 Å². The van der Waals surface area contributed by atoms with Crippen molar-refractivity contribution in [2.75, 3.05) is 26.3 Å². The van der Waals surface area contributed by atoms with E-state index in [9.17, 15) is 9.59 Å². The van der Waals surface area contributed by atoms with Crippen LogP contribution in [0, 0.1) is 0 Å². The quantitative estimate of drug-likeness (QED) is 0.736. The number of hydrogen-bond acceptors (Lipinski definition) is 6. The summed E-state index contributed by atoms with van der Waals surface area (Å²) in [6, 6.07) is 0.188. The van der Waals surface area contributed by atoms with Crippen LogP contribution in [0.4, 0.5) is 4.79 Å². The number of carbonyl (C=O) groups is 2. The summed E-state index contributed by atoms with van der Waals surface area (Å²) in [6.07, 6.45) is 6.96. The standard InChI is InChI=1S/C21H36N2O5/c1-20(2,3)28-19(25)23-12-8-16(9-13-23)22-21(10-14-26-15-11-21)18(24)27-17-6-4-5-7-17/h16-17,22H,4-15H2,1-3H3. The molecule has 28 heavy (non-hydrogen) atoms. The van der Waals surface area contributed by atoms with Crippen LogP contribution in [-0.4, -0.2) is 66.6 Å². The van der Waals surface area contributed by atoms with Gasteiger partial charge < -0.3 is 19.1 Å². The first-order valence-corrected chi connectivity index (χ1v) is 10.8. The summed E-state index contributed by atoms with van der Waals surface area (Å²) in [7, 11) is 0. The highest BCUT2D eigenvalue weighted by Gasteiger charge is 2.44. The molecule has 0 radical (unpaired) electrons. The van der Waals surface area contributed by atoms with Crippen LogP contribution in [-0.2, 0) is 19.0 Å². The summed E-state index contributed by atoms with van der Waals surface area (Å²) in [5, 5.41) is 3.62. The van der Waals surface area contributed by atoms with E-state index >= 15 is 0 Å². The van der Waals surface area contributed by atoms with Gasteiger partial charge >= 0.3 is 12.1 Å². The Kier molecular flexibility index (Phi) is 6.86. The van der Waals surface area contributed by atoms with E-state index < -0.39 is 11.1 Å². The van der Waals surface area contributed by atoms with Gasteiger partial charge in [-0.3, -0.25) is 10.1 Å². The first kappa shape index (κ1) is 21.4. The fourth-order valence-electron chi connectivity index (χ4n) is 4.32. The van der Waals surface area contributed by atoms with Crippen LogP contribution in [0.25, 0.3) is 0 Å². The molecule has 2 aliphatic heterocycles. The van der Waals surface area contributed by atoms with Crippen LogP contribution in [0.1, 0.15) is 72.1 Å². The third-order valence-corrected chi connectivity index (χ3v) is 5.94. The number of likely N-dealkylation sites (tertiary alicyclic amines) is 1. The van der Waals surface area contributed by atoms with Crippen molar-refractivity contribution in [3.8, 4) is 0 Å². The Morgan fingerprint density at radius 1 is 1.04 bits per heavy atom. The van der Waals surface area contributed by atoms with Crippen molar-refractivity contribution in [2.45, 2.75) is 95.4 Å². The largest absolute Gasteiger partial charge is 0.461 e. The van der Waals surface area contributed by atoms with E-state index in [0.717, 1.165) is 38.5 Å². The van der Waals surface area contributed by atoms with Crippen molar-refractivity contribution >= 4 is 12.1 Å². The predicted molar refractivity (Wildman–Crippen MR) is 105 cm³/mol. The van der Waals surface area contributed by atoms with E-state index in [1.807, 2.05) is 20.8 Å². The fourth-order valence-corrected chi connectivity index (χ4v) is 4.32. The summed E-state index contributed by atoms with van der Waals surface area (Å²) in [5.74, 6) is -0.114. The van der Waals surface area contributed by atoms with Crippen LogP contribution >= 0.6 is 0 Å². The van der Waals surface area contributed by atoms with Crippen molar-refractivity contribution in [1.82, 2.24) is 10.2 Å². The number of carbonyl (C=O) groups excluding carboxylic acids is 2. The number of esters is 1. The van der Waals surface area contributed by atoms with Crippen molar-refractivity contribution < 1.29 is 23.8 Å². The van der Waals surface area contributed by atoms with Crippen LogP contribution in [0.2, 0.25) is 0 Å². The zero-order valence-electron chi connectivity index (χ0n) is 17.6. The van der Waals surface area contributed by atoms with E-state index in [0.29, 0.717) is 39.1 Å². The van der Waals surface area contributed by atoms with Gasteiger partial charge in [-0.2, -0.15) is 0 Å². The SMILES string of the molecule is CC(C)(C)OC(=O)N1CCC(NC2(C(=O)OC3CCCC3)CCOCC2)CC1. The summed E-state index contributed by atoms with van der Waals surface area (Å²) >= 11 is 0. The van der Waals surface area contributed by atoms with Gasteiger partial charge in [0.2, 0.25) is 0 Å². The molecule has 7 nitrogen and oxygen atoms in total. The molecular formula is C21H36N2O5. The Hall–Kier alpha value is -1.34. The molecule has 0 unspecified atom stereocenters. The number of rotatable bonds is 4. The molecule has 0 atom stereocenters. The summed E-state index contributed by atoms with van der Waals surface area (Å²) < 4.78 is 16.9. The van der Waals surface area contributed by atoms with E-state index in [2.05, 4.69) is 5.32 Å². The first-order chi connectivity index (χ1) is 13.3. The Balaban J connectivity index is 1.55. The maximum Gasteiger partial charge on any atom is 0.410 e. The van der Waals surface area contributed by atoms with Crippen LogP contribution < -0.4 is 5.32 Å². The summed E-state index contributed by atoms with van der Waals surface area (Å²) in [6.45, 7) is 8.05. The Labute approximate surface area is 168 Å². The number of amides is 1. The van der Waals surface area contributed by atoms with Gasteiger partial charge in [-0.1, -0.05) is 0 Å². The molecule has 2 saturated heterocycles. The zero-order valence-corrected chi connectivity index (χ0v) is 17.6. The highest BCUT2D eigenvalue weighted by atomic mass is 16.6. The highest BCUT2D eigenvalue weighted by Crippen LogP contribution is 2.29. The molecule has 0 aromatic heterocycles. The zero-order chi connectivity index (χ0) is 20.2. The molecule has 160 valence electrons. The molecule has 1 aliphatic carbocycles. The number of hydrogen-bond donors (Lipinski definition) is 1. The molecule has 0 aromatic carbocycles. The summed E-state index contributed by atoms with van der Waals surface area (Å²) in [5.41, 5.74) is -1.14. The van der Waals surface area contributed by atoms with E-state index in [-0.39, 0.29) is 24.2 Å². The van der Waals surface area contributed by atoms with Gasteiger partial charge in [0.25, 0.3) is 0 Å². The van der Waals surface area contributed by atoms with Crippen LogP contribution in [0.15, 0.2) is 0 Å². The van der Waals surface area contributed by atoms with Crippen LogP contribution in [0.5, 0.6) is 0 Å². The normalized spacial score (nSPS) is 24.2. The third kappa shape index (κ3) is 5.60. The molecule has 3 fully saturated rings. The average molecular weight is 397 g/mol. The lowest BCUT2D eigenvalue weighted by atomic mass is 9.87. The lowest BCUT2D eigenvalue weighted by Gasteiger charge is -2.42. The third-order valence-electron chi connectivity index (χ3n) is 5.94. The molecule has 0 bridgehead atoms. The smallest absolute Gasteiger partial charge is 0.410 e. The monoisotopic (exact) mass is 396 g/mol. The van der Waals surface area contributed by atoms with Gasteiger partial charge in [0.15, 0.2) is 0 Å². The fraction of sp³-hybridized carbons (Fsp3) is 0.905. The number of nitrogens with zero attached hydrogens (tertiary/aromatic N) is 1. The van der Waals surface area contributed by atoms with E-state index in [1.54, 1.807) is 4.90 Å². The van der Waals surface area contributed by atoms with Crippen molar-refractivity contribution in [3.05, 3.63) is 0 Å². The molecule has 0 aromatic rings. The lowest BCUT2D eigenvalue weighted by Crippen LogP contribution is -2.61. The Bertz CT molecular complexity index is 539. The Morgan fingerprint density at radius 2 is 1.64 bits per heavy atom. The number of nitrogens with one attached hydrogen (secondary N) is 1. The second kappa shape index (κ2) is 8.99. The molecule has 3 aliphatic rings. The Morgan fingerprint density at radius 3 is 2.21 bits per heavy atom. The molecule has 3 rings (SSSR count). The topological polar surface area (TPSA) is 77.1 Å². The predicted octanol–water partition coefficient (Wildman–Crippen LogP) is 3.01. The second-order valence-electron chi connectivity index (χ2n) is 9.39. The van der Waals surface area contributed by atoms with Gasteiger partial charge in [0, 0.05) is 32.3 Å². The minimum Gasteiger partial charge on any atom is -0.461 e. The second-order valence-corrected chi connectivity index (χ2v) is 9.39. The molecular weight excluding hydrogens is 360 g/mol. The number of ether oxygens (including phenoxy) is 3. The first-order valence-electron chi connectivity index (χ1n) is 10.8. The lowest BCUT2D eigenvalue weighted by molar-refractivity contribution is -0.162. The van der Waals surface area contributed by atoms with Crippen molar-refractivity contribution in [1.29, 1.82) is 0 Å². The molecule has 1 amide bonds. The number of piperidine rings is 1. The average Bonchev–Trinajstić information content (AvgIpc) is 3.14. The highest BCUT2D eigenvalue weighted by molar-refractivity contribution is 5.81. The van der Waals surface area contributed by atoms with E-state index in [1.165, 1.54) is 0 Å². The van der Waals surface area contributed by atoms with Gasteiger partial charge in [0.05, 0.1) is 0 Å². The van der Waals surface area contributed by atoms with Crippen LogP contribution in [0.3, 0.4) is 0 Å². The molecule has 0 spiro atoms.